The lowest BCUT2D eigenvalue weighted by Gasteiger charge is -2.12. The second kappa shape index (κ2) is 5.95. The molecule has 5 heteroatoms. The molecule has 19 heavy (non-hydrogen) atoms. The van der Waals surface area contributed by atoms with Crippen LogP contribution >= 0.6 is 23.2 Å². The van der Waals surface area contributed by atoms with Crippen LogP contribution in [0.3, 0.4) is 0 Å². The summed E-state index contributed by atoms with van der Waals surface area (Å²) in [6.07, 6.45) is 0. The molecule has 0 bridgehead atoms. The third-order valence-electron chi connectivity index (χ3n) is 2.53. The molecule has 0 saturated heterocycles. The standard InChI is InChI=1S/C14H11Cl2NO2/c1-19-14(18)10-7-6-9(15)8-13(10)17-12-5-3-2-4-11(12)16/h2-8,17H,1H3. The number of methoxy groups -OCH3 is 1. The first-order valence-corrected chi connectivity index (χ1v) is 6.27. The molecule has 0 saturated carbocycles. The first kappa shape index (κ1) is 13.7. The number of benzene rings is 2. The van der Waals surface area contributed by atoms with Gasteiger partial charge in [-0.1, -0.05) is 35.3 Å². The van der Waals surface area contributed by atoms with Gasteiger partial charge in [-0.2, -0.15) is 0 Å². The number of ether oxygens (including phenoxy) is 1. The second-order valence-corrected chi connectivity index (χ2v) is 4.63. The van der Waals surface area contributed by atoms with E-state index in [4.69, 9.17) is 27.9 Å². The van der Waals surface area contributed by atoms with Crippen LogP contribution < -0.4 is 5.32 Å². The smallest absolute Gasteiger partial charge is 0.339 e. The van der Waals surface area contributed by atoms with Crippen LogP contribution in [0.5, 0.6) is 0 Å². The zero-order chi connectivity index (χ0) is 13.8. The fourth-order valence-electron chi connectivity index (χ4n) is 1.62. The summed E-state index contributed by atoms with van der Waals surface area (Å²) >= 11 is 12.0. The number of carbonyl (C=O) groups is 1. The molecular weight excluding hydrogens is 285 g/mol. The highest BCUT2D eigenvalue weighted by atomic mass is 35.5. The number of halogens is 2. The first-order chi connectivity index (χ1) is 9.11. The molecule has 0 spiro atoms. The minimum atomic E-state index is -0.439. The Morgan fingerprint density at radius 3 is 2.53 bits per heavy atom. The van der Waals surface area contributed by atoms with E-state index >= 15 is 0 Å². The van der Waals surface area contributed by atoms with Gasteiger partial charge >= 0.3 is 5.97 Å². The van der Waals surface area contributed by atoms with Crippen molar-refractivity contribution in [3.8, 4) is 0 Å². The summed E-state index contributed by atoms with van der Waals surface area (Å²) in [6, 6.07) is 12.1. The first-order valence-electron chi connectivity index (χ1n) is 5.51. The lowest BCUT2D eigenvalue weighted by Crippen LogP contribution is -2.05. The third-order valence-corrected chi connectivity index (χ3v) is 3.09. The van der Waals surface area contributed by atoms with Crippen LogP contribution in [0.2, 0.25) is 10.0 Å². The van der Waals surface area contributed by atoms with Crippen molar-refractivity contribution >= 4 is 40.5 Å². The van der Waals surface area contributed by atoms with Gasteiger partial charge in [0.25, 0.3) is 0 Å². The molecular formula is C14H11Cl2NO2. The molecule has 0 heterocycles. The fourth-order valence-corrected chi connectivity index (χ4v) is 1.97. The predicted octanol–water partition coefficient (Wildman–Crippen LogP) is 4.52. The lowest BCUT2D eigenvalue weighted by atomic mass is 10.1. The molecule has 3 nitrogen and oxygen atoms in total. The van der Waals surface area contributed by atoms with E-state index in [1.54, 1.807) is 24.3 Å². The number of carbonyl (C=O) groups excluding carboxylic acids is 1. The minimum Gasteiger partial charge on any atom is -0.465 e. The topological polar surface area (TPSA) is 38.3 Å². The summed E-state index contributed by atoms with van der Waals surface area (Å²) < 4.78 is 4.73. The molecule has 0 aromatic heterocycles. The summed E-state index contributed by atoms with van der Waals surface area (Å²) in [5, 5.41) is 4.15. The van der Waals surface area contributed by atoms with Crippen molar-refractivity contribution in [2.75, 3.05) is 12.4 Å². The predicted molar refractivity (Wildman–Crippen MR) is 77.5 cm³/mol. The zero-order valence-corrected chi connectivity index (χ0v) is 11.6. The van der Waals surface area contributed by atoms with Crippen molar-refractivity contribution < 1.29 is 9.53 Å². The SMILES string of the molecule is COC(=O)c1ccc(Cl)cc1Nc1ccccc1Cl. The van der Waals surface area contributed by atoms with Crippen molar-refractivity contribution in [1.82, 2.24) is 0 Å². The quantitative estimate of drug-likeness (QED) is 0.846. The molecule has 0 aliphatic rings. The number of nitrogens with one attached hydrogen (secondary N) is 1. The second-order valence-electron chi connectivity index (χ2n) is 3.79. The van der Waals surface area contributed by atoms with Crippen LogP contribution in [0.25, 0.3) is 0 Å². The highest BCUT2D eigenvalue weighted by Gasteiger charge is 2.13. The molecule has 0 amide bonds. The normalized spacial score (nSPS) is 10.1. The van der Waals surface area contributed by atoms with Crippen molar-refractivity contribution in [2.24, 2.45) is 0 Å². The van der Waals surface area contributed by atoms with E-state index in [1.807, 2.05) is 18.2 Å². The molecule has 2 aromatic rings. The van der Waals surface area contributed by atoms with Gasteiger partial charge in [0.2, 0.25) is 0 Å². The van der Waals surface area contributed by atoms with Crippen LogP contribution in [0.4, 0.5) is 11.4 Å². The van der Waals surface area contributed by atoms with Crippen molar-refractivity contribution in [1.29, 1.82) is 0 Å². The van der Waals surface area contributed by atoms with Crippen LogP contribution in [0, 0.1) is 0 Å². The van der Waals surface area contributed by atoms with Gasteiger partial charge in [0.15, 0.2) is 0 Å². The summed E-state index contributed by atoms with van der Waals surface area (Å²) in [7, 11) is 1.33. The van der Waals surface area contributed by atoms with Gasteiger partial charge in [-0.25, -0.2) is 4.79 Å². The van der Waals surface area contributed by atoms with Crippen LogP contribution in [-0.2, 0) is 4.74 Å². The Kier molecular flexibility index (Phi) is 4.30. The number of para-hydroxylation sites is 1. The molecule has 2 rings (SSSR count). The summed E-state index contributed by atoms with van der Waals surface area (Å²) in [5.74, 6) is -0.439. The molecule has 1 N–H and O–H groups in total. The Labute approximate surface area is 121 Å². The van der Waals surface area contributed by atoms with Gasteiger partial charge < -0.3 is 10.1 Å². The Morgan fingerprint density at radius 1 is 1.11 bits per heavy atom. The Hall–Kier alpha value is -1.71. The molecule has 0 fully saturated rings. The Balaban J connectivity index is 2.41. The van der Waals surface area contributed by atoms with Gasteiger partial charge in [0.1, 0.15) is 0 Å². The monoisotopic (exact) mass is 295 g/mol. The lowest BCUT2D eigenvalue weighted by molar-refractivity contribution is 0.0602. The molecule has 98 valence electrons. The van der Waals surface area contributed by atoms with E-state index in [9.17, 15) is 4.79 Å². The summed E-state index contributed by atoms with van der Waals surface area (Å²) in [6.45, 7) is 0. The average Bonchev–Trinajstić information content (AvgIpc) is 2.41. The number of hydrogen-bond acceptors (Lipinski definition) is 3. The molecule has 0 unspecified atom stereocenters. The van der Waals surface area contributed by atoms with Gasteiger partial charge in [-0.3, -0.25) is 0 Å². The van der Waals surface area contributed by atoms with E-state index in [2.05, 4.69) is 5.32 Å². The van der Waals surface area contributed by atoms with E-state index in [0.717, 1.165) is 0 Å². The molecule has 0 aliphatic carbocycles. The maximum atomic E-state index is 11.7. The van der Waals surface area contributed by atoms with Gasteiger partial charge in [0, 0.05) is 5.02 Å². The maximum Gasteiger partial charge on any atom is 0.339 e. The Bertz CT molecular complexity index is 614. The minimum absolute atomic E-state index is 0.395. The largest absolute Gasteiger partial charge is 0.465 e. The van der Waals surface area contributed by atoms with Gasteiger partial charge in [-0.15, -0.1) is 0 Å². The molecule has 0 radical (unpaired) electrons. The fraction of sp³-hybridized carbons (Fsp3) is 0.0714. The molecule has 2 aromatic carbocycles. The number of anilines is 2. The van der Waals surface area contributed by atoms with E-state index in [-0.39, 0.29) is 0 Å². The van der Waals surface area contributed by atoms with Gasteiger partial charge in [0.05, 0.1) is 29.1 Å². The van der Waals surface area contributed by atoms with Gasteiger partial charge in [-0.05, 0) is 30.3 Å². The Morgan fingerprint density at radius 2 is 1.84 bits per heavy atom. The van der Waals surface area contributed by atoms with Crippen LogP contribution in [0.15, 0.2) is 42.5 Å². The van der Waals surface area contributed by atoms with Crippen LogP contribution in [0.1, 0.15) is 10.4 Å². The number of hydrogen-bond donors (Lipinski definition) is 1. The zero-order valence-electron chi connectivity index (χ0n) is 10.1. The summed E-state index contributed by atoms with van der Waals surface area (Å²) in [4.78, 5) is 11.7. The highest BCUT2D eigenvalue weighted by molar-refractivity contribution is 6.33. The van der Waals surface area contributed by atoms with Crippen LogP contribution in [-0.4, -0.2) is 13.1 Å². The van der Waals surface area contributed by atoms with E-state index < -0.39 is 5.97 Å². The number of esters is 1. The molecule has 0 atom stereocenters. The van der Waals surface area contributed by atoms with E-state index in [0.29, 0.717) is 27.0 Å². The van der Waals surface area contributed by atoms with Crippen molar-refractivity contribution in [3.63, 3.8) is 0 Å². The van der Waals surface area contributed by atoms with Crippen molar-refractivity contribution in [2.45, 2.75) is 0 Å². The van der Waals surface area contributed by atoms with E-state index in [1.165, 1.54) is 7.11 Å². The highest BCUT2D eigenvalue weighted by Crippen LogP contribution is 2.29. The maximum absolute atomic E-state index is 11.7. The molecule has 0 aliphatic heterocycles. The average molecular weight is 296 g/mol. The number of rotatable bonds is 3. The third kappa shape index (κ3) is 3.19. The summed E-state index contributed by atoms with van der Waals surface area (Å²) in [5.41, 5.74) is 1.64. The van der Waals surface area contributed by atoms with Crippen molar-refractivity contribution in [3.05, 3.63) is 58.1 Å².